The van der Waals surface area contributed by atoms with Gasteiger partial charge in [-0.05, 0) is 12.8 Å². The van der Waals surface area contributed by atoms with Crippen LogP contribution in [0.2, 0.25) is 0 Å². The van der Waals surface area contributed by atoms with E-state index in [1.54, 1.807) is 6.07 Å². The number of hydrazine groups is 1. The molecule has 106 valence electrons. The van der Waals surface area contributed by atoms with Crippen molar-refractivity contribution in [3.63, 3.8) is 0 Å². The molecule has 19 heavy (non-hydrogen) atoms. The van der Waals surface area contributed by atoms with Crippen molar-refractivity contribution in [1.29, 1.82) is 0 Å². The number of hydrogen-bond acceptors (Lipinski definition) is 6. The van der Waals surface area contributed by atoms with E-state index in [4.69, 9.17) is 5.84 Å². The Hall–Kier alpha value is -1.40. The van der Waals surface area contributed by atoms with Gasteiger partial charge in [0.1, 0.15) is 17.5 Å². The molecule has 1 saturated carbocycles. The molecule has 0 aliphatic heterocycles. The molecule has 1 aliphatic rings. The minimum atomic E-state index is -0.256. The number of hydrogen-bond donors (Lipinski definition) is 4. The van der Waals surface area contributed by atoms with Crippen molar-refractivity contribution < 1.29 is 5.11 Å². The summed E-state index contributed by atoms with van der Waals surface area (Å²) in [6.45, 7) is 6.19. The normalized spacial score (nSPS) is 24.7. The summed E-state index contributed by atoms with van der Waals surface area (Å²) in [7, 11) is 0. The molecule has 1 aromatic heterocycles. The molecule has 0 amide bonds. The Morgan fingerprint density at radius 2 is 2.11 bits per heavy atom. The van der Waals surface area contributed by atoms with Crippen molar-refractivity contribution in [3.05, 3.63) is 11.9 Å². The van der Waals surface area contributed by atoms with Gasteiger partial charge in [-0.25, -0.2) is 15.8 Å². The molecule has 2 atom stereocenters. The fourth-order valence-corrected chi connectivity index (χ4v) is 2.31. The Balaban J connectivity index is 2.13. The van der Waals surface area contributed by atoms with E-state index in [-0.39, 0.29) is 17.6 Å². The van der Waals surface area contributed by atoms with Crippen LogP contribution in [-0.2, 0) is 6.42 Å². The fraction of sp³-hybridized carbons (Fsp3) is 0.692. The molecule has 0 radical (unpaired) electrons. The lowest BCUT2D eigenvalue weighted by Crippen LogP contribution is -2.57. The van der Waals surface area contributed by atoms with E-state index in [9.17, 15) is 5.11 Å². The predicted molar refractivity (Wildman–Crippen MR) is 75.7 cm³/mol. The van der Waals surface area contributed by atoms with Crippen molar-refractivity contribution in [2.45, 2.75) is 52.2 Å². The Kier molecular flexibility index (Phi) is 3.91. The van der Waals surface area contributed by atoms with Crippen molar-refractivity contribution in [3.8, 4) is 0 Å². The van der Waals surface area contributed by atoms with Gasteiger partial charge in [0, 0.05) is 23.9 Å². The lowest BCUT2D eigenvalue weighted by atomic mass is 9.64. The molecular weight excluding hydrogens is 242 g/mol. The molecule has 1 heterocycles. The van der Waals surface area contributed by atoms with Gasteiger partial charge in [0.25, 0.3) is 0 Å². The molecule has 1 aromatic rings. The summed E-state index contributed by atoms with van der Waals surface area (Å²) < 4.78 is 0. The number of nitrogens with zero attached hydrogens (tertiary/aromatic N) is 2. The monoisotopic (exact) mass is 265 g/mol. The van der Waals surface area contributed by atoms with Crippen molar-refractivity contribution in [2.75, 3.05) is 10.7 Å². The van der Waals surface area contributed by atoms with Gasteiger partial charge in [-0.2, -0.15) is 0 Å². The van der Waals surface area contributed by atoms with E-state index < -0.39 is 0 Å². The zero-order chi connectivity index (χ0) is 14.0. The van der Waals surface area contributed by atoms with Gasteiger partial charge in [0.05, 0.1) is 6.10 Å². The molecule has 2 rings (SSSR count). The SMILES string of the molecule is CCCc1nc(NN)cc(NC2CC(O)C2(C)C)n1. The quantitative estimate of drug-likeness (QED) is 0.473. The second-order valence-electron chi connectivity index (χ2n) is 5.72. The number of aliphatic hydroxyl groups is 1. The predicted octanol–water partition coefficient (Wildman–Crippen LogP) is 1.29. The third kappa shape index (κ3) is 2.79. The van der Waals surface area contributed by atoms with Crippen LogP contribution < -0.4 is 16.6 Å². The molecule has 0 saturated heterocycles. The first-order valence-corrected chi connectivity index (χ1v) is 6.76. The summed E-state index contributed by atoms with van der Waals surface area (Å²) in [5, 5.41) is 13.1. The molecule has 1 aliphatic carbocycles. The van der Waals surface area contributed by atoms with Crippen LogP contribution in [0.15, 0.2) is 6.07 Å². The highest BCUT2D eigenvalue weighted by Crippen LogP contribution is 2.42. The Bertz CT molecular complexity index is 449. The van der Waals surface area contributed by atoms with E-state index in [2.05, 4.69) is 41.5 Å². The summed E-state index contributed by atoms with van der Waals surface area (Å²) >= 11 is 0. The first-order valence-electron chi connectivity index (χ1n) is 6.76. The molecule has 6 heteroatoms. The van der Waals surface area contributed by atoms with Crippen molar-refractivity contribution >= 4 is 11.6 Å². The third-order valence-corrected chi connectivity index (χ3v) is 3.93. The van der Waals surface area contributed by atoms with Gasteiger partial charge in [-0.1, -0.05) is 20.8 Å². The van der Waals surface area contributed by atoms with Crippen LogP contribution >= 0.6 is 0 Å². The van der Waals surface area contributed by atoms with Crippen LogP contribution in [0.4, 0.5) is 11.6 Å². The maximum absolute atomic E-state index is 9.76. The average Bonchev–Trinajstić information content (AvgIpc) is 2.38. The summed E-state index contributed by atoms with van der Waals surface area (Å²) in [5.74, 6) is 7.57. The highest BCUT2D eigenvalue weighted by Gasteiger charge is 2.47. The first kappa shape index (κ1) is 14.0. The molecular formula is C13H23N5O. The zero-order valence-corrected chi connectivity index (χ0v) is 11.8. The number of rotatable bonds is 5. The number of aliphatic hydroxyl groups excluding tert-OH is 1. The first-order chi connectivity index (χ1) is 8.97. The molecule has 1 fully saturated rings. The van der Waals surface area contributed by atoms with Gasteiger partial charge < -0.3 is 15.8 Å². The smallest absolute Gasteiger partial charge is 0.145 e. The summed E-state index contributed by atoms with van der Waals surface area (Å²) in [5.41, 5.74) is 2.43. The largest absolute Gasteiger partial charge is 0.392 e. The van der Waals surface area contributed by atoms with Crippen LogP contribution in [0.1, 0.15) is 39.4 Å². The standard InChI is InChI=1S/C13H23N5O/c1-4-5-10-16-11(7-12(17-10)18-14)15-8-6-9(19)13(8,2)3/h7-9,19H,4-6,14H2,1-3H3,(H2,15,16,17,18). The number of aryl methyl sites for hydroxylation is 1. The van der Waals surface area contributed by atoms with Crippen LogP contribution in [-0.4, -0.2) is 27.2 Å². The summed E-state index contributed by atoms with van der Waals surface area (Å²) in [6.07, 6.45) is 2.29. The number of anilines is 2. The molecule has 2 unspecified atom stereocenters. The van der Waals surface area contributed by atoms with Crippen LogP contribution in [0.25, 0.3) is 0 Å². The Labute approximate surface area is 113 Å². The van der Waals surface area contributed by atoms with Gasteiger partial charge in [-0.15, -0.1) is 0 Å². The summed E-state index contributed by atoms with van der Waals surface area (Å²) in [4.78, 5) is 8.79. The van der Waals surface area contributed by atoms with Crippen LogP contribution in [0.5, 0.6) is 0 Å². The molecule has 0 aromatic carbocycles. The molecule has 6 nitrogen and oxygen atoms in total. The molecule has 0 spiro atoms. The second kappa shape index (κ2) is 5.30. The van der Waals surface area contributed by atoms with E-state index in [0.717, 1.165) is 30.9 Å². The Morgan fingerprint density at radius 1 is 1.42 bits per heavy atom. The third-order valence-electron chi connectivity index (χ3n) is 3.93. The minimum Gasteiger partial charge on any atom is -0.392 e. The van der Waals surface area contributed by atoms with Crippen molar-refractivity contribution in [2.24, 2.45) is 11.3 Å². The zero-order valence-electron chi connectivity index (χ0n) is 11.8. The van der Waals surface area contributed by atoms with Crippen molar-refractivity contribution in [1.82, 2.24) is 9.97 Å². The van der Waals surface area contributed by atoms with E-state index in [1.807, 2.05) is 0 Å². The van der Waals surface area contributed by atoms with Gasteiger partial charge in [0.2, 0.25) is 0 Å². The van der Waals surface area contributed by atoms with E-state index in [0.29, 0.717) is 5.82 Å². The number of nitrogen functional groups attached to an aromatic ring is 1. The minimum absolute atomic E-state index is 0.133. The molecule has 0 bridgehead atoms. The molecule has 5 N–H and O–H groups in total. The summed E-state index contributed by atoms with van der Waals surface area (Å²) in [6, 6.07) is 2.01. The maximum atomic E-state index is 9.76. The van der Waals surface area contributed by atoms with Gasteiger partial charge in [-0.3, -0.25) is 0 Å². The van der Waals surface area contributed by atoms with Crippen LogP contribution in [0.3, 0.4) is 0 Å². The lowest BCUT2D eigenvalue weighted by molar-refractivity contribution is -0.0511. The number of nitrogens with one attached hydrogen (secondary N) is 2. The van der Waals surface area contributed by atoms with Crippen LogP contribution in [0, 0.1) is 5.41 Å². The highest BCUT2D eigenvalue weighted by atomic mass is 16.3. The van der Waals surface area contributed by atoms with E-state index >= 15 is 0 Å². The maximum Gasteiger partial charge on any atom is 0.145 e. The van der Waals surface area contributed by atoms with E-state index in [1.165, 1.54) is 0 Å². The van der Waals surface area contributed by atoms with Gasteiger partial charge >= 0.3 is 0 Å². The fourth-order valence-electron chi connectivity index (χ4n) is 2.31. The lowest BCUT2D eigenvalue weighted by Gasteiger charge is -2.49. The second-order valence-corrected chi connectivity index (χ2v) is 5.72. The highest BCUT2D eigenvalue weighted by molar-refractivity contribution is 5.48. The average molecular weight is 265 g/mol. The Morgan fingerprint density at radius 3 is 2.63 bits per heavy atom. The number of aromatic nitrogens is 2. The topological polar surface area (TPSA) is 96.1 Å². The number of nitrogens with two attached hydrogens (primary N) is 1. The van der Waals surface area contributed by atoms with Gasteiger partial charge in [0.15, 0.2) is 0 Å².